The molecular weight excluding hydrogens is 751 g/mol. The van der Waals surface area contributed by atoms with Crippen molar-refractivity contribution in [1.82, 2.24) is 0 Å². The van der Waals surface area contributed by atoms with Gasteiger partial charge in [-0.2, -0.15) is 0 Å². The van der Waals surface area contributed by atoms with Crippen LogP contribution < -0.4 is 31.8 Å². The Morgan fingerprint density at radius 3 is 0.560 bits per heavy atom. The summed E-state index contributed by atoms with van der Waals surface area (Å²) in [6.07, 6.45) is 0. The summed E-state index contributed by atoms with van der Waals surface area (Å²) in [5, 5.41) is 8.39. The van der Waals surface area contributed by atoms with Crippen LogP contribution in [0.4, 0.5) is 0 Å². The third-order valence-corrected chi connectivity index (χ3v) is 13.8. The van der Waals surface area contributed by atoms with E-state index in [-0.39, 0.29) is 0 Å². The van der Waals surface area contributed by atoms with Crippen LogP contribution in [0.1, 0.15) is 34.6 Å². The Morgan fingerprint density at radius 2 is 0.440 bits per heavy atom. The van der Waals surface area contributed by atoms with Gasteiger partial charge in [0, 0.05) is 5.92 Å². The second-order valence-corrected chi connectivity index (χ2v) is 16.2. The topological polar surface area (TPSA) is 0 Å². The first-order valence-electron chi connectivity index (χ1n) is 16.7. The van der Waals surface area contributed by atoms with E-state index >= 15 is 0 Å². The largest absolute Gasteiger partial charge is 0.0622 e. The minimum atomic E-state index is -0.446. The third-order valence-electron chi connectivity index (χ3n) is 8.90. The average Bonchev–Trinajstić information content (AvgIpc) is 3.36. The first kappa shape index (κ1) is 39.4. The van der Waals surface area contributed by atoms with E-state index < -0.39 is 15.8 Å². The summed E-state index contributed by atoms with van der Waals surface area (Å²) in [5.74, 6) is 1.47. The molecule has 0 N–H and O–H groups in total. The summed E-state index contributed by atoms with van der Waals surface area (Å²) in [7, 11) is 3.68. The molecule has 1 radical (unpaired) electrons. The second kappa shape index (κ2) is 21.1. The Bertz CT molecular complexity index is 1560. The van der Waals surface area contributed by atoms with E-state index in [9.17, 15) is 0 Å². The molecule has 0 fully saturated rings. The van der Waals surface area contributed by atoms with Crippen LogP contribution in [0.15, 0.2) is 204 Å². The van der Waals surface area contributed by atoms with Crippen molar-refractivity contribution in [3.8, 4) is 0 Å². The van der Waals surface area contributed by atoms with Crippen LogP contribution in [-0.4, -0.2) is 0 Å². The van der Waals surface area contributed by atoms with Crippen LogP contribution >= 0.6 is 25.5 Å². The number of rotatable bonds is 6. The maximum Gasteiger partial charge on any atom is -0.0134 e. The molecular formula is C46H45ClP2Ru. The van der Waals surface area contributed by atoms with Crippen molar-refractivity contribution < 1.29 is 17.3 Å². The first-order valence-corrected chi connectivity index (χ1v) is 21.6. The predicted octanol–water partition coefficient (Wildman–Crippen LogP) is 10.8. The molecule has 1 aliphatic rings. The fourth-order valence-corrected chi connectivity index (χ4v) is 10.4. The monoisotopic (exact) mass is 796 g/mol. The zero-order chi connectivity index (χ0) is 35.7. The van der Waals surface area contributed by atoms with Crippen LogP contribution in [0.25, 0.3) is 0 Å². The van der Waals surface area contributed by atoms with E-state index in [4.69, 9.17) is 0 Å². The van der Waals surface area contributed by atoms with Crippen LogP contribution in [0.5, 0.6) is 0 Å². The summed E-state index contributed by atoms with van der Waals surface area (Å²) < 4.78 is 0. The molecule has 0 atom stereocenters. The molecule has 50 heavy (non-hydrogen) atoms. The molecule has 7 rings (SSSR count). The third kappa shape index (κ3) is 10.8. The van der Waals surface area contributed by atoms with Crippen molar-refractivity contribution in [3.63, 3.8) is 0 Å². The Morgan fingerprint density at radius 1 is 0.280 bits per heavy atom. The SMILES string of the molecule is C[C]1C(C)=C(C)C(C)=C1C.[Cl][Ru].c1ccc(P(c2ccccc2)c2ccccc2)cc1.c1ccc(P(c2ccccc2)c2ccccc2)cc1. The van der Waals surface area contributed by atoms with Gasteiger partial charge in [0.2, 0.25) is 0 Å². The molecule has 0 unspecified atom stereocenters. The molecule has 0 heterocycles. The molecule has 0 saturated heterocycles. The number of hydrogen-bond donors (Lipinski definition) is 0. The molecule has 0 saturated carbocycles. The van der Waals surface area contributed by atoms with E-state index in [1.807, 2.05) is 17.3 Å². The number of allylic oxidation sites excluding steroid dienone is 4. The minimum Gasteiger partial charge on any atom is -0.0622 e. The smallest absolute Gasteiger partial charge is 0.0134 e. The zero-order valence-corrected chi connectivity index (χ0v) is 33.7. The Hall–Kier alpha value is -3.43. The Labute approximate surface area is 317 Å². The fourth-order valence-electron chi connectivity index (χ4n) is 5.76. The summed E-state index contributed by atoms with van der Waals surface area (Å²) in [6.45, 7) is 11.0. The van der Waals surface area contributed by atoms with Crippen LogP contribution in [0.2, 0.25) is 0 Å². The molecule has 1 aliphatic carbocycles. The normalized spacial score (nSPS) is 12.4. The predicted molar refractivity (Wildman–Crippen MR) is 222 cm³/mol. The number of halogens is 1. The average molecular weight is 796 g/mol. The molecule has 6 aromatic rings. The molecule has 254 valence electrons. The quantitative estimate of drug-likeness (QED) is 0.116. The molecule has 0 bridgehead atoms. The van der Waals surface area contributed by atoms with E-state index in [0.717, 1.165) is 0 Å². The summed E-state index contributed by atoms with van der Waals surface area (Å²) in [4.78, 5) is 0. The van der Waals surface area contributed by atoms with Gasteiger partial charge in [-0.25, -0.2) is 0 Å². The van der Waals surface area contributed by atoms with Gasteiger partial charge in [0.1, 0.15) is 0 Å². The second-order valence-electron chi connectivity index (χ2n) is 11.8. The van der Waals surface area contributed by atoms with Gasteiger partial charge in [-0.15, -0.1) is 0 Å². The van der Waals surface area contributed by atoms with Gasteiger partial charge in [-0.3, -0.25) is 0 Å². The van der Waals surface area contributed by atoms with Crippen molar-refractivity contribution in [1.29, 1.82) is 0 Å². The van der Waals surface area contributed by atoms with Crippen molar-refractivity contribution in [2.45, 2.75) is 34.6 Å². The van der Waals surface area contributed by atoms with Gasteiger partial charge >= 0.3 is 27.0 Å². The summed E-state index contributed by atoms with van der Waals surface area (Å²) in [6, 6.07) is 64.7. The van der Waals surface area contributed by atoms with Crippen molar-refractivity contribution >= 4 is 57.4 Å². The molecule has 4 heteroatoms. The van der Waals surface area contributed by atoms with Crippen molar-refractivity contribution in [3.05, 3.63) is 210 Å². The van der Waals surface area contributed by atoms with E-state index in [2.05, 4.69) is 226 Å². The fraction of sp³-hybridized carbons (Fsp3) is 0.109. The van der Waals surface area contributed by atoms with Gasteiger partial charge in [-0.1, -0.05) is 200 Å². The summed E-state index contributed by atoms with van der Waals surface area (Å²) >= 11 is 1.82. The first-order chi connectivity index (χ1) is 24.5. The van der Waals surface area contributed by atoms with Crippen LogP contribution in [0.3, 0.4) is 0 Å². The Balaban J connectivity index is 0.000000172. The van der Waals surface area contributed by atoms with Crippen LogP contribution in [0, 0.1) is 5.92 Å². The van der Waals surface area contributed by atoms with Gasteiger partial charge in [-0.05, 0) is 86.5 Å². The Kier molecular flexibility index (Phi) is 16.6. The van der Waals surface area contributed by atoms with Crippen molar-refractivity contribution in [2.75, 3.05) is 0 Å². The van der Waals surface area contributed by atoms with Gasteiger partial charge in [0.25, 0.3) is 0 Å². The van der Waals surface area contributed by atoms with Gasteiger partial charge in [0.05, 0.1) is 0 Å². The number of hydrogen-bond acceptors (Lipinski definition) is 0. The molecule has 0 amide bonds. The van der Waals surface area contributed by atoms with Gasteiger partial charge < -0.3 is 0 Å². The van der Waals surface area contributed by atoms with E-state index in [1.165, 1.54) is 60.0 Å². The standard InChI is InChI=1S/2C18H15P.C10H15.ClH.Ru/c2*1-4-10-16(11-5-1)19(17-12-6-2-7-13-17)18-14-8-3-9-15-18;1-6-7(2)9(4)10(5)8(6)3;;/h2*1-15H;1-5H3;1H;/q;;;;+1/p-1. The van der Waals surface area contributed by atoms with E-state index in [1.54, 1.807) is 0 Å². The maximum absolute atomic E-state index is 4.57. The van der Waals surface area contributed by atoms with Gasteiger partial charge in [0.15, 0.2) is 0 Å². The van der Waals surface area contributed by atoms with E-state index in [0.29, 0.717) is 0 Å². The maximum atomic E-state index is 4.57. The minimum absolute atomic E-state index is 0.446. The zero-order valence-electron chi connectivity index (χ0n) is 29.4. The van der Waals surface area contributed by atoms with Crippen LogP contribution in [-0.2, 0) is 17.3 Å². The molecule has 0 aromatic heterocycles. The number of benzene rings is 6. The van der Waals surface area contributed by atoms with Crippen molar-refractivity contribution in [2.24, 2.45) is 0 Å². The summed E-state index contributed by atoms with van der Waals surface area (Å²) in [5.41, 5.74) is 5.87. The molecule has 0 nitrogen and oxygen atoms in total. The molecule has 0 aliphatic heterocycles. The molecule has 6 aromatic carbocycles. The molecule has 0 spiro atoms.